The van der Waals surface area contributed by atoms with E-state index in [0.29, 0.717) is 29.9 Å². The molecule has 5 atom stereocenters. The molecule has 5 unspecified atom stereocenters. The number of pyridine rings is 1. The van der Waals surface area contributed by atoms with E-state index < -0.39 is 73.7 Å². The van der Waals surface area contributed by atoms with E-state index in [-0.39, 0.29) is 45.4 Å². The SMILES string of the molecule is C=CC1CC1(CC(=O)C1CC2CN1C(=O)C(C(C)(C)C)CC(=O)OC/C=C/COc1ccc3ccnc(c3c1)O2)C(=O)NS(=O)(=O)C1CC1. The van der Waals surface area contributed by atoms with Crippen molar-refractivity contribution < 1.29 is 41.8 Å². The fraction of sp³-hybridized carbons (Fsp3) is 0.528. The van der Waals surface area contributed by atoms with Crippen molar-refractivity contribution in [1.29, 1.82) is 0 Å². The molecule has 12 nitrogen and oxygen atoms in total. The van der Waals surface area contributed by atoms with Gasteiger partial charge in [0.2, 0.25) is 27.7 Å². The van der Waals surface area contributed by atoms with Crippen molar-refractivity contribution in [3.05, 3.63) is 55.3 Å². The number of ketones is 1. The molecule has 4 aliphatic rings. The summed E-state index contributed by atoms with van der Waals surface area (Å²) in [6.07, 6.45) is 6.81. The predicted molar refractivity (Wildman–Crippen MR) is 180 cm³/mol. The zero-order valence-corrected chi connectivity index (χ0v) is 28.9. The maximum atomic E-state index is 14.4. The Morgan fingerprint density at radius 2 is 1.86 bits per heavy atom. The molecular weight excluding hydrogens is 650 g/mol. The van der Waals surface area contributed by atoms with Crippen LogP contribution in [0.1, 0.15) is 59.3 Å². The van der Waals surface area contributed by atoms with E-state index in [1.165, 1.54) is 4.90 Å². The Hall–Kier alpha value is -4.26. The van der Waals surface area contributed by atoms with Crippen LogP contribution in [0.25, 0.3) is 10.8 Å². The molecule has 2 amide bonds. The summed E-state index contributed by atoms with van der Waals surface area (Å²) in [5, 5.41) is 0.948. The fourth-order valence-corrected chi connectivity index (χ4v) is 8.20. The average molecular weight is 694 g/mol. The Balaban J connectivity index is 1.33. The van der Waals surface area contributed by atoms with Gasteiger partial charge in [-0.05, 0) is 66.3 Å². The molecule has 1 aromatic carbocycles. The number of Topliss-reactive ketones (excluding diaryl/α,β-unsaturated/α-hetero) is 1. The minimum absolute atomic E-state index is 0.00482. The highest BCUT2D eigenvalue weighted by Crippen LogP contribution is 2.57. The number of cyclic esters (lactones) is 1. The minimum Gasteiger partial charge on any atom is -0.490 e. The zero-order valence-electron chi connectivity index (χ0n) is 28.1. The molecule has 0 spiro atoms. The number of hydrogen-bond donors (Lipinski definition) is 1. The predicted octanol–water partition coefficient (Wildman–Crippen LogP) is 3.89. The number of carbonyl (C=O) groups is 4. The summed E-state index contributed by atoms with van der Waals surface area (Å²) >= 11 is 0. The van der Waals surface area contributed by atoms with Crippen LogP contribution < -0.4 is 14.2 Å². The molecule has 0 radical (unpaired) electrons. The van der Waals surface area contributed by atoms with Crippen LogP contribution in [0.15, 0.2) is 55.3 Å². The summed E-state index contributed by atoms with van der Waals surface area (Å²) in [4.78, 5) is 61.1. The highest BCUT2D eigenvalue weighted by Gasteiger charge is 2.61. The number of esters is 1. The van der Waals surface area contributed by atoms with Crippen LogP contribution in [0, 0.1) is 22.7 Å². The minimum atomic E-state index is -3.84. The number of carbonyl (C=O) groups excluding carboxylic acids is 4. The number of fused-ring (bicyclic) bond motifs is 3. The van der Waals surface area contributed by atoms with Gasteiger partial charge in [-0.15, -0.1) is 6.58 Å². The molecule has 2 saturated carbocycles. The number of nitrogens with one attached hydrogen (secondary N) is 1. The lowest BCUT2D eigenvalue weighted by atomic mass is 9.77. The van der Waals surface area contributed by atoms with Crippen molar-refractivity contribution in [2.75, 3.05) is 19.8 Å². The summed E-state index contributed by atoms with van der Waals surface area (Å²) < 4.78 is 45.3. The molecule has 1 N–H and O–H groups in total. The first-order valence-corrected chi connectivity index (χ1v) is 18.3. The van der Waals surface area contributed by atoms with E-state index >= 15 is 0 Å². The lowest BCUT2D eigenvalue weighted by molar-refractivity contribution is -0.152. The van der Waals surface area contributed by atoms with Crippen molar-refractivity contribution in [2.24, 2.45) is 22.7 Å². The van der Waals surface area contributed by atoms with Gasteiger partial charge in [0.15, 0.2) is 5.78 Å². The molecule has 4 bridgehead atoms. The van der Waals surface area contributed by atoms with Gasteiger partial charge in [-0.25, -0.2) is 13.4 Å². The number of allylic oxidation sites excluding steroid dienone is 1. The van der Waals surface area contributed by atoms with Gasteiger partial charge < -0.3 is 19.1 Å². The summed E-state index contributed by atoms with van der Waals surface area (Å²) in [6.45, 7) is 9.63. The number of hydrogen-bond acceptors (Lipinski definition) is 10. The van der Waals surface area contributed by atoms with Gasteiger partial charge >= 0.3 is 5.97 Å². The normalized spacial score (nSPS) is 28.4. The number of rotatable bonds is 7. The number of ether oxygens (including phenoxy) is 3. The van der Waals surface area contributed by atoms with Crippen LogP contribution >= 0.6 is 0 Å². The third-order valence-corrected chi connectivity index (χ3v) is 11.8. The topological polar surface area (TPSA) is 158 Å². The lowest BCUT2D eigenvalue weighted by Gasteiger charge is -2.34. The fourth-order valence-electron chi connectivity index (χ4n) is 6.81. The number of aromatic nitrogens is 1. The Bertz CT molecular complexity index is 1810. The molecule has 13 heteroatoms. The second kappa shape index (κ2) is 13.2. The largest absolute Gasteiger partial charge is 0.490 e. The molecule has 1 aromatic heterocycles. The lowest BCUT2D eigenvalue weighted by Crippen LogP contribution is -2.48. The molecule has 3 fully saturated rings. The molecule has 1 saturated heterocycles. The number of amides is 2. The monoisotopic (exact) mass is 693 g/mol. The maximum Gasteiger partial charge on any atom is 0.306 e. The Morgan fingerprint density at radius 1 is 1.12 bits per heavy atom. The van der Waals surface area contributed by atoms with Crippen LogP contribution in [0.5, 0.6) is 11.6 Å². The third kappa shape index (κ3) is 7.36. The smallest absolute Gasteiger partial charge is 0.306 e. The van der Waals surface area contributed by atoms with E-state index in [4.69, 9.17) is 14.2 Å². The summed E-state index contributed by atoms with van der Waals surface area (Å²) in [5.41, 5.74) is -1.96. The Labute approximate surface area is 286 Å². The van der Waals surface area contributed by atoms with Crippen LogP contribution in [-0.4, -0.2) is 79.0 Å². The molecular formula is C36H43N3O9S. The first-order valence-electron chi connectivity index (χ1n) is 16.7. The Morgan fingerprint density at radius 3 is 2.53 bits per heavy atom. The Kier molecular flexibility index (Phi) is 9.33. The zero-order chi connectivity index (χ0) is 35.1. The van der Waals surface area contributed by atoms with Gasteiger partial charge in [0.25, 0.3) is 0 Å². The maximum absolute atomic E-state index is 14.4. The van der Waals surface area contributed by atoms with E-state index in [9.17, 15) is 27.6 Å². The van der Waals surface area contributed by atoms with E-state index in [1.54, 1.807) is 24.4 Å². The van der Waals surface area contributed by atoms with Crippen LogP contribution in [-0.2, 0) is 33.9 Å². The van der Waals surface area contributed by atoms with E-state index in [1.807, 2.05) is 45.0 Å². The quantitative estimate of drug-likeness (QED) is 0.333. The first-order chi connectivity index (χ1) is 23.2. The van der Waals surface area contributed by atoms with Gasteiger partial charge in [0, 0.05) is 24.4 Å². The van der Waals surface area contributed by atoms with Gasteiger partial charge in [-0.2, -0.15) is 0 Å². The highest BCUT2D eigenvalue weighted by molar-refractivity contribution is 7.90. The molecule has 262 valence electrons. The van der Waals surface area contributed by atoms with Gasteiger partial charge in [-0.3, -0.25) is 23.9 Å². The van der Waals surface area contributed by atoms with Gasteiger partial charge in [0.05, 0.1) is 35.6 Å². The second-order valence-corrected chi connectivity index (χ2v) is 16.6. The number of nitrogens with zero attached hydrogens (tertiary/aromatic N) is 2. The molecule has 6 rings (SSSR count). The van der Waals surface area contributed by atoms with E-state index in [2.05, 4.69) is 16.3 Å². The summed E-state index contributed by atoms with van der Waals surface area (Å²) in [5.74, 6) is -2.41. The van der Waals surface area contributed by atoms with Crippen molar-refractivity contribution in [3.8, 4) is 11.6 Å². The van der Waals surface area contributed by atoms with Crippen LogP contribution in [0.4, 0.5) is 0 Å². The molecule has 2 aromatic rings. The molecule has 3 heterocycles. The first kappa shape index (κ1) is 34.6. The second-order valence-electron chi connectivity index (χ2n) is 14.6. The highest BCUT2D eigenvalue weighted by atomic mass is 32.2. The van der Waals surface area contributed by atoms with Crippen LogP contribution in [0.2, 0.25) is 0 Å². The van der Waals surface area contributed by atoms with Crippen molar-refractivity contribution >= 4 is 44.4 Å². The van der Waals surface area contributed by atoms with Crippen molar-refractivity contribution in [3.63, 3.8) is 0 Å². The van der Waals surface area contributed by atoms with Crippen molar-refractivity contribution in [1.82, 2.24) is 14.6 Å². The van der Waals surface area contributed by atoms with E-state index in [0.717, 1.165) is 5.39 Å². The summed E-state index contributed by atoms with van der Waals surface area (Å²) in [6, 6.07) is 6.37. The standard InChI is InChI=1S/C36H43N3O9S/c1-5-23-19-36(23,34(43)38-49(44,45)26-10-11-26)20-30(40)29-17-25-21-39(29)33(42)28(35(2,3)4)18-31(41)47-15-7-6-14-46-24-9-8-22-12-13-37-32(48-25)27(22)16-24/h5-9,12-13,16,23,25-26,28-29H,1,10-11,14-15,17-21H2,2-4H3,(H,38,43)/b7-6+. The van der Waals surface area contributed by atoms with Crippen molar-refractivity contribution in [2.45, 2.75) is 76.7 Å². The molecule has 2 aliphatic carbocycles. The van der Waals surface area contributed by atoms with Gasteiger partial charge in [-0.1, -0.05) is 32.9 Å². The third-order valence-electron chi connectivity index (χ3n) is 10.0. The number of sulfonamides is 1. The molecule has 2 aliphatic heterocycles. The summed E-state index contributed by atoms with van der Waals surface area (Å²) in [7, 11) is -3.84. The number of benzene rings is 1. The van der Waals surface area contributed by atoms with Gasteiger partial charge in [0.1, 0.15) is 25.1 Å². The van der Waals surface area contributed by atoms with Crippen LogP contribution in [0.3, 0.4) is 0 Å². The average Bonchev–Trinajstić information content (AvgIpc) is 3.97. The molecule has 49 heavy (non-hydrogen) atoms.